The molecule has 0 fully saturated rings. The Morgan fingerprint density at radius 3 is 2.59 bits per heavy atom. The lowest BCUT2D eigenvalue weighted by Crippen LogP contribution is -2.22. The Kier molecular flexibility index (Phi) is 6.70. The molecule has 1 N–H and O–H groups in total. The number of carbonyl (C=O) groups is 1. The van der Waals surface area contributed by atoms with E-state index in [9.17, 15) is 4.79 Å². The zero-order chi connectivity index (χ0) is 12.5. The highest BCUT2D eigenvalue weighted by molar-refractivity contribution is 9.09. The standard InChI is InChI=1S/C13H18BrNO2/c1-17-12-7-5-11(6-8-12)10-15-13(16)4-2-3-9-14/h5-8H,2-4,9-10H2,1H3,(H,15,16). The van der Waals surface area contributed by atoms with Gasteiger partial charge in [0.15, 0.2) is 0 Å². The fraction of sp³-hybridized carbons (Fsp3) is 0.462. The normalized spacial score (nSPS) is 10.0. The summed E-state index contributed by atoms with van der Waals surface area (Å²) >= 11 is 3.35. The van der Waals surface area contributed by atoms with E-state index in [0.717, 1.165) is 29.5 Å². The highest BCUT2D eigenvalue weighted by Gasteiger charge is 2.01. The molecule has 1 amide bonds. The summed E-state index contributed by atoms with van der Waals surface area (Å²) in [6, 6.07) is 7.70. The van der Waals surface area contributed by atoms with Crippen LogP contribution in [-0.2, 0) is 11.3 Å². The van der Waals surface area contributed by atoms with Crippen LogP contribution < -0.4 is 10.1 Å². The molecule has 0 radical (unpaired) electrons. The van der Waals surface area contributed by atoms with Crippen LogP contribution in [0.2, 0.25) is 0 Å². The number of hydrogen-bond acceptors (Lipinski definition) is 2. The second-order valence-corrected chi connectivity index (χ2v) is 4.56. The lowest BCUT2D eigenvalue weighted by atomic mass is 10.2. The van der Waals surface area contributed by atoms with E-state index in [1.165, 1.54) is 0 Å². The van der Waals surface area contributed by atoms with Crippen molar-refractivity contribution in [3.8, 4) is 5.75 Å². The van der Waals surface area contributed by atoms with Crippen molar-refractivity contribution in [2.75, 3.05) is 12.4 Å². The molecule has 1 aromatic carbocycles. The zero-order valence-electron chi connectivity index (χ0n) is 10.0. The molecule has 0 saturated heterocycles. The minimum Gasteiger partial charge on any atom is -0.497 e. The third-order valence-corrected chi connectivity index (χ3v) is 3.00. The van der Waals surface area contributed by atoms with Crippen LogP contribution >= 0.6 is 15.9 Å². The Labute approximate surface area is 111 Å². The first-order chi connectivity index (χ1) is 8.26. The van der Waals surface area contributed by atoms with Crippen LogP contribution in [0.3, 0.4) is 0 Å². The van der Waals surface area contributed by atoms with Gasteiger partial charge in [-0.3, -0.25) is 4.79 Å². The summed E-state index contributed by atoms with van der Waals surface area (Å²) in [6.07, 6.45) is 2.57. The van der Waals surface area contributed by atoms with Gasteiger partial charge in [-0.05, 0) is 30.5 Å². The number of unbranched alkanes of at least 4 members (excludes halogenated alkanes) is 1. The largest absolute Gasteiger partial charge is 0.497 e. The third kappa shape index (κ3) is 5.73. The number of ether oxygens (including phenoxy) is 1. The summed E-state index contributed by atoms with van der Waals surface area (Å²) in [5.41, 5.74) is 1.08. The van der Waals surface area contributed by atoms with Crippen LogP contribution in [0.5, 0.6) is 5.75 Å². The van der Waals surface area contributed by atoms with E-state index >= 15 is 0 Å². The van der Waals surface area contributed by atoms with Crippen LogP contribution in [-0.4, -0.2) is 18.3 Å². The molecule has 0 heterocycles. The molecule has 0 spiro atoms. The molecule has 0 aliphatic carbocycles. The maximum Gasteiger partial charge on any atom is 0.220 e. The van der Waals surface area contributed by atoms with Crippen molar-refractivity contribution in [3.63, 3.8) is 0 Å². The van der Waals surface area contributed by atoms with Crippen LogP contribution in [0, 0.1) is 0 Å². The van der Waals surface area contributed by atoms with E-state index in [2.05, 4.69) is 21.2 Å². The van der Waals surface area contributed by atoms with Gasteiger partial charge in [0.25, 0.3) is 0 Å². The maximum absolute atomic E-state index is 11.5. The summed E-state index contributed by atoms with van der Waals surface area (Å²) in [5, 5.41) is 3.86. The van der Waals surface area contributed by atoms with Gasteiger partial charge in [0.1, 0.15) is 5.75 Å². The van der Waals surface area contributed by atoms with Crippen LogP contribution in [0.15, 0.2) is 24.3 Å². The average Bonchev–Trinajstić information content (AvgIpc) is 2.37. The van der Waals surface area contributed by atoms with Crippen molar-refractivity contribution in [3.05, 3.63) is 29.8 Å². The number of amides is 1. The molecular weight excluding hydrogens is 282 g/mol. The lowest BCUT2D eigenvalue weighted by Gasteiger charge is -2.06. The molecule has 94 valence electrons. The highest BCUT2D eigenvalue weighted by atomic mass is 79.9. The number of rotatable bonds is 7. The number of benzene rings is 1. The predicted molar refractivity (Wildman–Crippen MR) is 72.5 cm³/mol. The van der Waals surface area contributed by atoms with Crippen molar-refractivity contribution in [2.24, 2.45) is 0 Å². The molecule has 0 bridgehead atoms. The first kappa shape index (κ1) is 14.0. The van der Waals surface area contributed by atoms with Gasteiger partial charge in [0.05, 0.1) is 7.11 Å². The molecule has 0 aromatic heterocycles. The van der Waals surface area contributed by atoms with Gasteiger partial charge in [-0.25, -0.2) is 0 Å². The number of halogens is 1. The average molecular weight is 300 g/mol. The minimum absolute atomic E-state index is 0.113. The Morgan fingerprint density at radius 2 is 2.00 bits per heavy atom. The molecular formula is C13H18BrNO2. The summed E-state index contributed by atoms with van der Waals surface area (Å²) in [7, 11) is 1.64. The monoisotopic (exact) mass is 299 g/mol. The summed E-state index contributed by atoms with van der Waals surface area (Å²) in [5.74, 6) is 0.944. The Hall–Kier alpha value is -1.03. The molecule has 17 heavy (non-hydrogen) atoms. The van der Waals surface area contributed by atoms with Gasteiger partial charge in [-0.15, -0.1) is 0 Å². The van der Waals surface area contributed by atoms with E-state index in [1.54, 1.807) is 7.11 Å². The van der Waals surface area contributed by atoms with Gasteiger partial charge >= 0.3 is 0 Å². The van der Waals surface area contributed by atoms with Crippen molar-refractivity contribution >= 4 is 21.8 Å². The first-order valence-corrected chi connectivity index (χ1v) is 6.84. The zero-order valence-corrected chi connectivity index (χ0v) is 11.6. The molecule has 0 aliphatic heterocycles. The second kappa shape index (κ2) is 8.12. The third-order valence-electron chi connectivity index (χ3n) is 2.44. The van der Waals surface area contributed by atoms with Crippen molar-refractivity contribution < 1.29 is 9.53 Å². The van der Waals surface area contributed by atoms with Crippen molar-refractivity contribution in [1.82, 2.24) is 5.32 Å². The first-order valence-electron chi connectivity index (χ1n) is 5.72. The number of nitrogens with one attached hydrogen (secondary N) is 1. The molecule has 0 aliphatic rings. The van der Waals surface area contributed by atoms with Crippen molar-refractivity contribution in [1.29, 1.82) is 0 Å². The number of alkyl halides is 1. The SMILES string of the molecule is COc1ccc(CNC(=O)CCCCBr)cc1. The van der Waals surface area contributed by atoms with Gasteiger partial charge in [-0.1, -0.05) is 28.1 Å². The number of hydrogen-bond donors (Lipinski definition) is 1. The Balaban J connectivity index is 2.27. The lowest BCUT2D eigenvalue weighted by molar-refractivity contribution is -0.121. The van der Waals surface area contributed by atoms with Crippen molar-refractivity contribution in [2.45, 2.75) is 25.8 Å². The minimum atomic E-state index is 0.113. The van der Waals surface area contributed by atoms with Gasteiger partial charge in [0.2, 0.25) is 5.91 Å². The van der Waals surface area contributed by atoms with E-state index < -0.39 is 0 Å². The summed E-state index contributed by atoms with van der Waals surface area (Å²) in [4.78, 5) is 11.5. The van der Waals surface area contributed by atoms with Crippen LogP contribution in [0.1, 0.15) is 24.8 Å². The predicted octanol–water partition coefficient (Wildman–Crippen LogP) is 2.88. The van der Waals surface area contributed by atoms with Gasteiger partial charge in [0, 0.05) is 18.3 Å². The quantitative estimate of drug-likeness (QED) is 0.621. The number of carbonyl (C=O) groups excluding carboxylic acids is 1. The Morgan fingerprint density at radius 1 is 1.29 bits per heavy atom. The number of methoxy groups -OCH3 is 1. The molecule has 0 unspecified atom stereocenters. The molecule has 4 heteroatoms. The molecule has 0 atom stereocenters. The summed E-state index contributed by atoms with van der Waals surface area (Å²) in [6.45, 7) is 0.580. The Bertz CT molecular complexity index is 338. The molecule has 1 aromatic rings. The fourth-order valence-corrected chi connectivity index (χ4v) is 1.81. The maximum atomic E-state index is 11.5. The van der Waals surface area contributed by atoms with E-state index in [1.807, 2.05) is 24.3 Å². The van der Waals surface area contributed by atoms with E-state index in [-0.39, 0.29) is 5.91 Å². The van der Waals surface area contributed by atoms with Crippen LogP contribution in [0.4, 0.5) is 0 Å². The van der Waals surface area contributed by atoms with E-state index in [4.69, 9.17) is 4.74 Å². The fourth-order valence-electron chi connectivity index (χ4n) is 1.41. The molecule has 0 saturated carbocycles. The van der Waals surface area contributed by atoms with E-state index in [0.29, 0.717) is 13.0 Å². The van der Waals surface area contributed by atoms with Gasteiger partial charge in [-0.2, -0.15) is 0 Å². The highest BCUT2D eigenvalue weighted by Crippen LogP contribution is 2.11. The van der Waals surface area contributed by atoms with Gasteiger partial charge < -0.3 is 10.1 Å². The summed E-state index contributed by atoms with van der Waals surface area (Å²) < 4.78 is 5.07. The molecule has 3 nitrogen and oxygen atoms in total. The second-order valence-electron chi connectivity index (χ2n) is 3.77. The molecule has 1 rings (SSSR count). The van der Waals surface area contributed by atoms with Crippen LogP contribution in [0.25, 0.3) is 0 Å². The topological polar surface area (TPSA) is 38.3 Å². The smallest absolute Gasteiger partial charge is 0.220 e.